The molecule has 264 valence electrons. The summed E-state index contributed by atoms with van der Waals surface area (Å²) in [5.74, 6) is -1.71. The topological polar surface area (TPSA) is 126 Å². The lowest BCUT2D eigenvalue weighted by Gasteiger charge is -2.37. The summed E-state index contributed by atoms with van der Waals surface area (Å²) in [6.07, 6.45) is 15.8. The Balaban J connectivity index is 1.21. The minimum atomic E-state index is -0.788. The van der Waals surface area contributed by atoms with Crippen LogP contribution in [0, 0.1) is 17.0 Å². The molecule has 3 aliphatic heterocycles. The molecule has 4 rings (SSSR count). The zero-order valence-electron chi connectivity index (χ0n) is 29.1. The first-order valence-electron chi connectivity index (χ1n) is 17.7. The lowest BCUT2D eigenvalue weighted by Crippen LogP contribution is -2.56. The molecule has 0 aromatic carbocycles. The van der Waals surface area contributed by atoms with E-state index in [2.05, 4.69) is 11.9 Å². The normalized spacial score (nSPS) is 27.0. The third-order valence-electron chi connectivity index (χ3n) is 9.09. The monoisotopic (exact) mass is 653 g/mol. The van der Waals surface area contributed by atoms with Gasteiger partial charge in [0.05, 0.1) is 25.9 Å². The number of aromatic nitrogens is 2. The Morgan fingerprint density at radius 2 is 1.43 bits per heavy atom. The van der Waals surface area contributed by atoms with Gasteiger partial charge in [-0.05, 0) is 50.9 Å². The van der Waals surface area contributed by atoms with E-state index in [4.69, 9.17) is 33.2 Å². The Bertz CT molecular complexity index is 1060. The Morgan fingerprint density at radius 1 is 0.870 bits per heavy atom. The minimum Gasteiger partial charge on any atom is -0.376 e. The molecule has 0 spiro atoms. The quantitative estimate of drug-likeness (QED) is 0.0734. The fourth-order valence-corrected chi connectivity index (χ4v) is 6.68. The maximum atomic E-state index is 11.4. The maximum absolute atomic E-state index is 11.4. The summed E-state index contributed by atoms with van der Waals surface area (Å²) in [4.78, 5) is 14.9. The average Bonchev–Trinajstić information content (AvgIpc) is 3.63. The third-order valence-corrected chi connectivity index (χ3v) is 9.09. The molecule has 3 fully saturated rings. The molecule has 12 nitrogen and oxygen atoms in total. The Labute approximate surface area is 275 Å². The second kappa shape index (κ2) is 17.6. The van der Waals surface area contributed by atoms with Gasteiger partial charge < -0.3 is 47.8 Å². The summed E-state index contributed by atoms with van der Waals surface area (Å²) in [7, 11) is 0. The van der Waals surface area contributed by atoms with Gasteiger partial charge in [0.25, 0.3) is 0 Å². The van der Waals surface area contributed by atoms with Gasteiger partial charge in [0.1, 0.15) is 30.1 Å². The molecular weight excluding hydrogens is 594 g/mol. The van der Waals surface area contributed by atoms with Crippen LogP contribution in [0.25, 0.3) is 0 Å². The van der Waals surface area contributed by atoms with Crippen molar-refractivity contribution in [2.24, 2.45) is 0 Å². The molecule has 0 N–H and O–H groups in total. The van der Waals surface area contributed by atoms with Gasteiger partial charge in [0.2, 0.25) is 6.33 Å². The van der Waals surface area contributed by atoms with Crippen molar-refractivity contribution in [3.05, 3.63) is 22.1 Å². The molecule has 0 aliphatic carbocycles. The molecule has 12 heteroatoms. The van der Waals surface area contributed by atoms with E-state index >= 15 is 0 Å². The number of nitro groups is 1. The second-order valence-electron chi connectivity index (χ2n) is 14.0. The molecule has 3 aliphatic rings. The third kappa shape index (κ3) is 10.9. The lowest BCUT2D eigenvalue weighted by molar-refractivity contribution is -0.389. The SMILES string of the molecule is CCCCCCCCCCCCCCCOC(COC[C@H]1O[C@@H]2OC(C)(C)O[C@@H]2[C@H]2OC(C)(C)O[C@H]21)Cn1cnc([N+](=O)[O-])c1C. The minimum absolute atomic E-state index is 0.143. The predicted molar refractivity (Wildman–Crippen MR) is 172 cm³/mol. The highest BCUT2D eigenvalue weighted by Gasteiger charge is 2.60. The molecule has 1 unspecified atom stereocenters. The first kappa shape index (κ1) is 37.2. The smallest absolute Gasteiger partial charge is 0.376 e. The Morgan fingerprint density at radius 3 is 2.04 bits per heavy atom. The van der Waals surface area contributed by atoms with Crippen LogP contribution in [0.2, 0.25) is 0 Å². The number of hydrogen-bond acceptors (Lipinski definition) is 10. The van der Waals surface area contributed by atoms with Crippen LogP contribution < -0.4 is 0 Å². The van der Waals surface area contributed by atoms with Gasteiger partial charge >= 0.3 is 5.82 Å². The molecule has 46 heavy (non-hydrogen) atoms. The number of hydrogen-bond donors (Lipinski definition) is 0. The van der Waals surface area contributed by atoms with Crippen molar-refractivity contribution in [3.63, 3.8) is 0 Å². The Hall–Kier alpha value is -1.67. The number of nitrogens with zero attached hydrogens (tertiary/aromatic N) is 3. The van der Waals surface area contributed by atoms with Crippen LogP contribution in [-0.2, 0) is 39.7 Å². The van der Waals surface area contributed by atoms with Crippen LogP contribution in [0.5, 0.6) is 0 Å². The van der Waals surface area contributed by atoms with Crippen molar-refractivity contribution in [2.75, 3.05) is 19.8 Å². The van der Waals surface area contributed by atoms with Gasteiger partial charge in [-0.3, -0.25) is 0 Å². The highest BCUT2D eigenvalue weighted by molar-refractivity contribution is 5.25. The zero-order valence-corrected chi connectivity index (χ0v) is 29.1. The Kier molecular flexibility index (Phi) is 14.3. The van der Waals surface area contributed by atoms with E-state index in [-0.39, 0.29) is 37.3 Å². The van der Waals surface area contributed by atoms with E-state index in [0.717, 1.165) is 12.8 Å². The molecule has 3 saturated heterocycles. The number of imidazole rings is 1. The average molecular weight is 654 g/mol. The van der Waals surface area contributed by atoms with Crippen molar-refractivity contribution >= 4 is 5.82 Å². The van der Waals surface area contributed by atoms with Crippen LogP contribution in [0.4, 0.5) is 5.82 Å². The summed E-state index contributed by atoms with van der Waals surface area (Å²) in [6.45, 7) is 13.0. The molecular formula is C34H59N3O9. The van der Waals surface area contributed by atoms with Gasteiger partial charge in [0, 0.05) is 6.61 Å². The highest BCUT2D eigenvalue weighted by Crippen LogP contribution is 2.44. The van der Waals surface area contributed by atoms with Crippen molar-refractivity contribution in [1.29, 1.82) is 0 Å². The molecule has 1 aromatic rings. The van der Waals surface area contributed by atoms with E-state index in [1.54, 1.807) is 11.5 Å². The number of rotatable bonds is 22. The summed E-state index contributed by atoms with van der Waals surface area (Å²) in [5.41, 5.74) is 0.490. The van der Waals surface area contributed by atoms with E-state index in [1.165, 1.54) is 77.0 Å². The van der Waals surface area contributed by atoms with Crippen molar-refractivity contribution < 1.29 is 38.1 Å². The fourth-order valence-electron chi connectivity index (χ4n) is 6.68. The van der Waals surface area contributed by atoms with Crippen molar-refractivity contribution in [3.8, 4) is 0 Å². The molecule has 0 amide bonds. The molecule has 0 radical (unpaired) electrons. The van der Waals surface area contributed by atoms with Gasteiger partial charge in [-0.2, -0.15) is 0 Å². The highest BCUT2D eigenvalue weighted by atomic mass is 16.9. The van der Waals surface area contributed by atoms with Crippen LogP contribution in [0.1, 0.15) is 124 Å². The van der Waals surface area contributed by atoms with Crippen molar-refractivity contribution in [2.45, 2.75) is 180 Å². The molecule has 4 heterocycles. The predicted octanol–water partition coefficient (Wildman–Crippen LogP) is 6.99. The van der Waals surface area contributed by atoms with E-state index in [9.17, 15) is 10.1 Å². The van der Waals surface area contributed by atoms with E-state index in [1.807, 2.05) is 27.7 Å². The maximum Gasteiger partial charge on any atom is 0.384 e. The molecule has 1 aromatic heterocycles. The standard InChI is InChI=1S/C34H59N3O9/c1-7-8-9-10-11-12-13-14-15-16-17-18-19-20-41-26(21-36-24-35-31(25(36)2)37(38)39)22-40-23-27-28-29(44-33(3,4)43-28)30-32(42-27)46-34(5,6)45-30/h24,26-30,32H,7-23H2,1-6H3/t26?,27-,28+,29+,30-,32-/m1/s1. The summed E-state index contributed by atoms with van der Waals surface area (Å²) < 4.78 is 45.1. The van der Waals surface area contributed by atoms with Gasteiger partial charge in [-0.25, -0.2) is 0 Å². The number of ether oxygens (including phenoxy) is 7. The largest absolute Gasteiger partial charge is 0.384 e. The van der Waals surface area contributed by atoms with Gasteiger partial charge in [0.15, 0.2) is 17.9 Å². The lowest BCUT2D eigenvalue weighted by atomic mass is 9.99. The second-order valence-corrected chi connectivity index (χ2v) is 14.0. The zero-order chi connectivity index (χ0) is 33.2. The molecule has 6 atom stereocenters. The first-order valence-corrected chi connectivity index (χ1v) is 17.7. The van der Waals surface area contributed by atoms with Gasteiger partial charge in [-0.1, -0.05) is 84.0 Å². The van der Waals surface area contributed by atoms with Crippen LogP contribution in [0.15, 0.2) is 6.33 Å². The molecule has 0 saturated carbocycles. The summed E-state index contributed by atoms with van der Waals surface area (Å²) in [5, 5.41) is 11.4. The number of unbranched alkanes of at least 4 members (excludes halogenated alkanes) is 12. The van der Waals surface area contributed by atoms with Crippen LogP contribution >= 0.6 is 0 Å². The van der Waals surface area contributed by atoms with Gasteiger partial charge in [-0.15, -0.1) is 0 Å². The van der Waals surface area contributed by atoms with E-state index < -0.39 is 35.0 Å². The first-order chi connectivity index (χ1) is 22.0. The van der Waals surface area contributed by atoms with Crippen molar-refractivity contribution in [1.82, 2.24) is 9.55 Å². The van der Waals surface area contributed by atoms with Crippen LogP contribution in [0.3, 0.4) is 0 Å². The van der Waals surface area contributed by atoms with Crippen LogP contribution in [-0.4, -0.2) is 82.7 Å². The summed E-state index contributed by atoms with van der Waals surface area (Å²) in [6, 6.07) is 0. The fraction of sp³-hybridized carbons (Fsp3) is 0.912. The summed E-state index contributed by atoms with van der Waals surface area (Å²) >= 11 is 0. The number of fused-ring (bicyclic) bond motifs is 3. The molecule has 0 bridgehead atoms. The van der Waals surface area contributed by atoms with E-state index in [0.29, 0.717) is 18.8 Å².